The van der Waals surface area contributed by atoms with Gasteiger partial charge in [-0.3, -0.25) is 19.2 Å². The fraction of sp³-hybridized carbons (Fsp3) is 0.689. The van der Waals surface area contributed by atoms with Crippen molar-refractivity contribution in [2.75, 3.05) is 14.2 Å². The average molecular weight is 1330 g/mol. The van der Waals surface area contributed by atoms with Gasteiger partial charge in [-0.15, -0.1) is 0 Å². The standard InChI is InChI=1S/2C23H32O2.2C22H30O2/c2*1-14-11-16(25-6)12-15-13-18-22(4)10-8-19(24)21(2,3)17(22)7-9-23(18,5)20(14)15;2*1-13-10-15(23)11-14-12-17-21(4)9-7-18(24)20(2,3)16(21)6-8-22(17,5)19(13)14/h2*11-12,17-18H,7-10,13H2,1-6H3;2*10-11,16-17,23H,6-9,12H2,1-5H3/t2*17-,18+,22-,23+;2*16-,17+,21-,22+/m1010/s1. The summed E-state index contributed by atoms with van der Waals surface area (Å²) in [4.78, 5) is 50.4. The Morgan fingerprint density at radius 1 is 0.306 bits per heavy atom. The SMILES string of the molecule is COc1cc(C)c2c(c1)C[C@@H]1[C@@]3(C)CCC(=O)C(C)(C)[C@@H]3CC[C@@]21C.COc1cc(C)c2c(c1)C[C@H]1[C@]3(C)CCC(=O)C(C)(C)[C@H]3CC[C@]21C.Cc1cc(O)cc2c1[C@@]1(C)CC[C@@H]3C(C)(C)C(=O)CC[C@@]3(C)[C@@H]1C2.Cc1cc(O)cc2c1[C@]1(C)CC[C@H]3C(C)(C)C(=O)CC[C@]3(C)[C@H]1C2. The average Bonchev–Trinajstić information content (AvgIpc) is 1.49. The maximum Gasteiger partial charge on any atom is 0.138 e. The molecule has 0 bridgehead atoms. The van der Waals surface area contributed by atoms with Crippen LogP contribution >= 0.6 is 0 Å². The zero-order valence-corrected chi connectivity index (χ0v) is 64.7. The van der Waals surface area contributed by atoms with Gasteiger partial charge in [-0.05, 0) is 336 Å². The van der Waals surface area contributed by atoms with Crippen molar-refractivity contribution in [1.82, 2.24) is 0 Å². The minimum Gasteiger partial charge on any atom is -0.508 e. The monoisotopic (exact) mass is 1330 g/mol. The van der Waals surface area contributed by atoms with Crippen LogP contribution < -0.4 is 9.47 Å². The summed E-state index contributed by atoms with van der Waals surface area (Å²) >= 11 is 0. The molecule has 0 radical (unpaired) electrons. The first-order chi connectivity index (χ1) is 45.5. The Bertz CT molecular complexity index is 3720. The van der Waals surface area contributed by atoms with Crippen LogP contribution in [0.1, 0.15) is 280 Å². The first-order valence-corrected chi connectivity index (χ1v) is 38.6. The van der Waals surface area contributed by atoms with E-state index in [1.165, 1.54) is 81.3 Å². The van der Waals surface area contributed by atoms with Crippen molar-refractivity contribution in [3.05, 3.63) is 115 Å². The molecule has 8 nitrogen and oxygen atoms in total. The summed E-state index contributed by atoms with van der Waals surface area (Å²) in [5.41, 5.74) is 18.1. The van der Waals surface area contributed by atoms with Gasteiger partial charge in [0, 0.05) is 47.3 Å². The predicted molar refractivity (Wildman–Crippen MR) is 395 cm³/mol. The first-order valence-electron chi connectivity index (χ1n) is 38.6. The highest BCUT2D eigenvalue weighted by molar-refractivity contribution is 5.87. The second-order valence-corrected chi connectivity index (χ2v) is 39.2. The molecule has 0 aliphatic heterocycles. The maximum absolute atomic E-state index is 12.6. The van der Waals surface area contributed by atoms with Crippen LogP contribution in [0.4, 0.5) is 0 Å². The molecule has 8 heteroatoms. The quantitative estimate of drug-likeness (QED) is 0.203. The molecule has 8 fully saturated rings. The molecule has 2 N–H and O–H groups in total. The predicted octanol–water partition coefficient (Wildman–Crippen LogP) is 20.4. The van der Waals surface area contributed by atoms with Crippen LogP contribution in [-0.4, -0.2) is 47.6 Å². The summed E-state index contributed by atoms with van der Waals surface area (Å²) in [6, 6.07) is 16.8. The van der Waals surface area contributed by atoms with Gasteiger partial charge < -0.3 is 19.7 Å². The third-order valence-electron chi connectivity index (χ3n) is 33.2. The van der Waals surface area contributed by atoms with E-state index in [9.17, 15) is 29.4 Å². The number of ketones is 4. The van der Waals surface area contributed by atoms with E-state index in [4.69, 9.17) is 9.47 Å². The lowest BCUT2D eigenvalue weighted by atomic mass is 9.43. The molecule has 0 heterocycles. The van der Waals surface area contributed by atoms with Gasteiger partial charge in [0.2, 0.25) is 0 Å². The van der Waals surface area contributed by atoms with Crippen LogP contribution in [-0.2, 0) is 66.5 Å². The van der Waals surface area contributed by atoms with Gasteiger partial charge in [0.1, 0.15) is 46.1 Å². The number of hydrogen-bond acceptors (Lipinski definition) is 8. The molecule has 12 aliphatic carbocycles. The molecule has 0 unspecified atom stereocenters. The highest BCUT2D eigenvalue weighted by Gasteiger charge is 2.68. The van der Waals surface area contributed by atoms with Crippen LogP contribution in [0.2, 0.25) is 0 Å². The topological polar surface area (TPSA) is 127 Å². The van der Waals surface area contributed by atoms with E-state index in [1.807, 2.05) is 24.3 Å². The van der Waals surface area contributed by atoms with E-state index in [2.05, 4.69) is 163 Å². The lowest BCUT2D eigenvalue weighted by Crippen LogP contribution is -2.57. The van der Waals surface area contributed by atoms with Crippen LogP contribution in [0.3, 0.4) is 0 Å². The number of hydrogen-bond donors (Lipinski definition) is 2. The molecule has 532 valence electrons. The highest BCUT2D eigenvalue weighted by Crippen LogP contribution is 2.72. The van der Waals surface area contributed by atoms with Crippen LogP contribution in [0.15, 0.2) is 48.5 Å². The summed E-state index contributed by atoms with van der Waals surface area (Å²) < 4.78 is 11.1. The van der Waals surface area contributed by atoms with Gasteiger partial charge in [0.25, 0.3) is 0 Å². The van der Waals surface area contributed by atoms with Crippen molar-refractivity contribution in [2.45, 2.75) is 289 Å². The number of benzene rings is 4. The molecule has 0 spiro atoms. The van der Waals surface area contributed by atoms with Gasteiger partial charge in [0.15, 0.2) is 0 Å². The molecule has 0 saturated heterocycles. The van der Waals surface area contributed by atoms with Crippen LogP contribution in [0, 0.1) is 118 Å². The molecule has 16 rings (SSSR count). The number of carbonyl (C=O) groups is 4. The largest absolute Gasteiger partial charge is 0.508 e. The number of rotatable bonds is 2. The summed E-state index contributed by atoms with van der Waals surface area (Å²) in [7, 11) is 3.52. The smallest absolute Gasteiger partial charge is 0.138 e. The fourth-order valence-electron chi connectivity index (χ4n) is 28.8. The molecule has 4 aromatic rings. The van der Waals surface area contributed by atoms with E-state index in [0.29, 0.717) is 82.0 Å². The van der Waals surface area contributed by atoms with E-state index in [1.54, 1.807) is 25.3 Å². The van der Waals surface area contributed by atoms with Crippen molar-refractivity contribution in [2.24, 2.45) is 90.7 Å². The summed E-state index contributed by atoms with van der Waals surface area (Å²) in [6.45, 7) is 46.1. The zero-order chi connectivity index (χ0) is 71.4. The second-order valence-electron chi connectivity index (χ2n) is 39.2. The molecular formula is C90H124O8. The Hall–Kier alpha value is -5.24. The Balaban J connectivity index is 0.000000118. The van der Waals surface area contributed by atoms with Gasteiger partial charge >= 0.3 is 0 Å². The van der Waals surface area contributed by atoms with Gasteiger partial charge in [0.05, 0.1) is 14.2 Å². The van der Waals surface area contributed by atoms with Crippen molar-refractivity contribution in [3.8, 4) is 23.0 Å². The first kappa shape index (κ1) is 71.2. The maximum atomic E-state index is 12.6. The summed E-state index contributed by atoms with van der Waals surface area (Å²) in [5, 5.41) is 20.1. The van der Waals surface area contributed by atoms with Crippen molar-refractivity contribution >= 4 is 23.1 Å². The minimum atomic E-state index is -0.194. The number of phenols is 2. The number of fused-ring (bicyclic) bond motifs is 20. The number of carbonyl (C=O) groups excluding carboxylic acids is 4. The lowest BCUT2D eigenvalue weighted by Gasteiger charge is -2.60. The van der Waals surface area contributed by atoms with E-state index < -0.39 is 0 Å². The second kappa shape index (κ2) is 23.1. The number of aryl methyl sites for hydroxylation is 4. The Labute approximate surface area is 590 Å². The van der Waals surface area contributed by atoms with Crippen LogP contribution in [0.25, 0.3) is 0 Å². The molecule has 0 aromatic heterocycles. The molecule has 4 aromatic carbocycles. The van der Waals surface area contributed by atoms with Crippen molar-refractivity contribution < 1.29 is 38.9 Å². The molecule has 12 aliphatic rings. The van der Waals surface area contributed by atoms with Gasteiger partial charge in [-0.25, -0.2) is 0 Å². The molecular weight excluding hydrogens is 1210 g/mol. The van der Waals surface area contributed by atoms with Crippen molar-refractivity contribution in [3.63, 3.8) is 0 Å². The highest BCUT2D eigenvalue weighted by atomic mass is 16.5. The van der Waals surface area contributed by atoms with Gasteiger partial charge in [-0.2, -0.15) is 0 Å². The fourth-order valence-corrected chi connectivity index (χ4v) is 28.8. The third kappa shape index (κ3) is 9.97. The zero-order valence-electron chi connectivity index (χ0n) is 64.7. The molecule has 98 heavy (non-hydrogen) atoms. The normalized spacial score (nSPS) is 39.3. The summed E-state index contributed by atoms with van der Waals surface area (Å²) in [6.07, 6.45) is 20.9. The van der Waals surface area contributed by atoms with E-state index >= 15 is 0 Å². The number of aromatic hydroxyl groups is 2. The number of Topliss-reactive ketones (excluding diaryl/α,β-unsaturated/α-hetero) is 4. The Kier molecular flexibility index (Phi) is 16.8. The van der Waals surface area contributed by atoms with E-state index in [-0.39, 0.29) is 65.0 Å². The molecule has 16 atom stereocenters. The lowest BCUT2D eigenvalue weighted by molar-refractivity contribution is -0.152. The number of ether oxygens (including phenoxy) is 2. The number of phenolic OH excluding ortho intramolecular Hbond substituents is 2. The Morgan fingerprint density at radius 2 is 0.520 bits per heavy atom. The van der Waals surface area contributed by atoms with Gasteiger partial charge in [-0.1, -0.05) is 111 Å². The Morgan fingerprint density at radius 3 is 0.745 bits per heavy atom. The number of methoxy groups -OCH3 is 2. The van der Waals surface area contributed by atoms with E-state index in [0.717, 1.165) is 114 Å². The third-order valence-corrected chi connectivity index (χ3v) is 33.2. The molecule has 0 amide bonds. The molecule has 8 saturated carbocycles. The van der Waals surface area contributed by atoms with Crippen LogP contribution in [0.5, 0.6) is 23.0 Å². The summed E-state index contributed by atoms with van der Waals surface area (Å²) in [5.74, 6) is 9.03. The minimum absolute atomic E-state index is 0.171. The van der Waals surface area contributed by atoms with Crippen molar-refractivity contribution in [1.29, 1.82) is 0 Å².